The van der Waals surface area contributed by atoms with Gasteiger partial charge in [0.15, 0.2) is 0 Å². The summed E-state index contributed by atoms with van der Waals surface area (Å²) in [5.41, 5.74) is 1.99. The van der Waals surface area contributed by atoms with Gasteiger partial charge in [-0.3, -0.25) is 0 Å². The number of hydrogen-bond acceptors (Lipinski definition) is 1. The fraction of sp³-hybridized carbons (Fsp3) is 0.571. The van der Waals surface area contributed by atoms with Crippen LogP contribution in [0, 0.1) is 12.7 Å². The molecule has 0 saturated carbocycles. The summed E-state index contributed by atoms with van der Waals surface area (Å²) in [6.45, 7) is 7.20. The Morgan fingerprint density at radius 3 is 2.62 bits per heavy atom. The van der Waals surface area contributed by atoms with Gasteiger partial charge in [0, 0.05) is 6.04 Å². The molecular weight excluding hydrogens is 201 g/mol. The van der Waals surface area contributed by atoms with Crippen LogP contribution < -0.4 is 5.32 Å². The molecule has 1 rings (SSSR count). The van der Waals surface area contributed by atoms with E-state index in [1.165, 1.54) is 12.0 Å². The van der Waals surface area contributed by atoms with E-state index in [9.17, 15) is 4.39 Å². The zero-order valence-corrected chi connectivity index (χ0v) is 10.5. The fourth-order valence-corrected chi connectivity index (χ4v) is 1.71. The van der Waals surface area contributed by atoms with E-state index >= 15 is 0 Å². The van der Waals surface area contributed by atoms with Gasteiger partial charge in [-0.15, -0.1) is 0 Å². The number of unbranched alkanes of at least 4 members (excludes halogenated alkanes) is 1. The van der Waals surface area contributed by atoms with Gasteiger partial charge >= 0.3 is 0 Å². The summed E-state index contributed by atoms with van der Waals surface area (Å²) in [6, 6.07) is 5.97. The largest absolute Gasteiger partial charge is 0.315 e. The molecule has 0 aliphatic carbocycles. The maximum atomic E-state index is 13.0. The highest BCUT2D eigenvalue weighted by Gasteiger charge is 1.99. The molecule has 0 atom stereocenters. The van der Waals surface area contributed by atoms with Gasteiger partial charge in [-0.1, -0.05) is 26.0 Å². The first-order valence-electron chi connectivity index (χ1n) is 6.08. The van der Waals surface area contributed by atoms with Crippen molar-refractivity contribution in [1.82, 2.24) is 5.32 Å². The standard InChI is InChI=1S/C14H22FN/c1-11(2)16-9-5-4-6-13-7-8-14(15)12(3)10-13/h7-8,10-11,16H,4-6,9H2,1-3H3. The molecule has 2 heteroatoms. The van der Waals surface area contributed by atoms with Crippen LogP contribution in [0.5, 0.6) is 0 Å². The van der Waals surface area contributed by atoms with Crippen molar-refractivity contribution < 1.29 is 4.39 Å². The quantitative estimate of drug-likeness (QED) is 0.728. The summed E-state index contributed by atoms with van der Waals surface area (Å²) < 4.78 is 13.0. The zero-order chi connectivity index (χ0) is 12.0. The maximum absolute atomic E-state index is 13.0. The lowest BCUT2D eigenvalue weighted by atomic mass is 10.1. The summed E-state index contributed by atoms with van der Waals surface area (Å²) in [5.74, 6) is -0.106. The predicted octanol–water partition coefficient (Wildman–Crippen LogP) is 3.45. The van der Waals surface area contributed by atoms with Gasteiger partial charge in [0.05, 0.1) is 0 Å². The zero-order valence-electron chi connectivity index (χ0n) is 10.5. The third kappa shape index (κ3) is 4.75. The van der Waals surface area contributed by atoms with E-state index in [4.69, 9.17) is 0 Å². The van der Waals surface area contributed by atoms with Gasteiger partial charge in [0.25, 0.3) is 0 Å². The smallest absolute Gasteiger partial charge is 0.126 e. The lowest BCUT2D eigenvalue weighted by Crippen LogP contribution is -2.23. The number of rotatable bonds is 6. The fourth-order valence-electron chi connectivity index (χ4n) is 1.71. The molecule has 0 heterocycles. The van der Waals surface area contributed by atoms with Gasteiger partial charge < -0.3 is 5.32 Å². The molecule has 1 N–H and O–H groups in total. The number of hydrogen-bond donors (Lipinski definition) is 1. The molecule has 0 saturated heterocycles. The van der Waals surface area contributed by atoms with Crippen LogP contribution in [-0.2, 0) is 6.42 Å². The van der Waals surface area contributed by atoms with Crippen molar-refractivity contribution in [2.45, 2.75) is 46.1 Å². The Hall–Kier alpha value is -0.890. The summed E-state index contributed by atoms with van der Waals surface area (Å²) in [5, 5.41) is 3.39. The third-order valence-corrected chi connectivity index (χ3v) is 2.67. The van der Waals surface area contributed by atoms with E-state index in [0.717, 1.165) is 24.9 Å². The van der Waals surface area contributed by atoms with Crippen molar-refractivity contribution in [3.63, 3.8) is 0 Å². The molecule has 0 aliphatic rings. The highest BCUT2D eigenvalue weighted by molar-refractivity contribution is 5.23. The molecule has 0 amide bonds. The van der Waals surface area contributed by atoms with E-state index < -0.39 is 0 Å². The SMILES string of the molecule is Cc1cc(CCCCNC(C)C)ccc1F. The lowest BCUT2D eigenvalue weighted by Gasteiger charge is -2.08. The minimum atomic E-state index is -0.106. The molecule has 0 aromatic heterocycles. The molecule has 0 unspecified atom stereocenters. The molecular formula is C14H22FN. The average molecular weight is 223 g/mol. The minimum Gasteiger partial charge on any atom is -0.315 e. The highest BCUT2D eigenvalue weighted by Crippen LogP contribution is 2.11. The summed E-state index contributed by atoms with van der Waals surface area (Å²) in [6.07, 6.45) is 3.38. The van der Waals surface area contributed by atoms with Crippen LogP contribution in [-0.4, -0.2) is 12.6 Å². The second kappa shape index (κ2) is 6.64. The number of halogens is 1. The van der Waals surface area contributed by atoms with E-state index in [1.54, 1.807) is 6.07 Å². The molecule has 1 aromatic rings. The second-order valence-electron chi connectivity index (χ2n) is 4.65. The van der Waals surface area contributed by atoms with E-state index in [0.29, 0.717) is 6.04 Å². The molecule has 0 bridgehead atoms. The topological polar surface area (TPSA) is 12.0 Å². The molecule has 1 aromatic carbocycles. The first-order valence-corrected chi connectivity index (χ1v) is 6.08. The highest BCUT2D eigenvalue weighted by atomic mass is 19.1. The number of benzene rings is 1. The van der Waals surface area contributed by atoms with Gasteiger partial charge in [-0.25, -0.2) is 4.39 Å². The van der Waals surface area contributed by atoms with E-state index in [1.807, 2.05) is 19.1 Å². The monoisotopic (exact) mass is 223 g/mol. The van der Waals surface area contributed by atoms with E-state index in [-0.39, 0.29) is 5.82 Å². The van der Waals surface area contributed by atoms with Gasteiger partial charge in [0.1, 0.15) is 5.82 Å². The Morgan fingerprint density at radius 2 is 2.00 bits per heavy atom. The first kappa shape index (κ1) is 13.2. The Kier molecular flexibility index (Phi) is 5.47. The van der Waals surface area contributed by atoms with Crippen LogP contribution >= 0.6 is 0 Å². The van der Waals surface area contributed by atoms with Gasteiger partial charge in [-0.05, 0) is 49.9 Å². The minimum absolute atomic E-state index is 0.106. The first-order chi connectivity index (χ1) is 7.59. The predicted molar refractivity (Wildman–Crippen MR) is 67.2 cm³/mol. The number of nitrogens with one attached hydrogen (secondary N) is 1. The number of aryl methyl sites for hydroxylation is 2. The summed E-state index contributed by atoms with van der Waals surface area (Å²) in [4.78, 5) is 0. The van der Waals surface area contributed by atoms with Crippen LogP contribution in [0.3, 0.4) is 0 Å². The molecule has 0 spiro atoms. The maximum Gasteiger partial charge on any atom is 0.126 e. The van der Waals surface area contributed by atoms with Crippen molar-refractivity contribution >= 4 is 0 Å². The van der Waals surface area contributed by atoms with Crippen molar-refractivity contribution in [3.8, 4) is 0 Å². The van der Waals surface area contributed by atoms with Crippen LogP contribution in [0.4, 0.5) is 4.39 Å². The average Bonchev–Trinajstić information content (AvgIpc) is 2.22. The second-order valence-corrected chi connectivity index (χ2v) is 4.65. The molecule has 1 nitrogen and oxygen atoms in total. The lowest BCUT2D eigenvalue weighted by molar-refractivity contribution is 0.557. The van der Waals surface area contributed by atoms with E-state index in [2.05, 4.69) is 19.2 Å². The Labute approximate surface area is 98.1 Å². The van der Waals surface area contributed by atoms with Crippen molar-refractivity contribution in [2.24, 2.45) is 0 Å². The third-order valence-electron chi connectivity index (χ3n) is 2.67. The Bertz CT molecular complexity index is 321. The van der Waals surface area contributed by atoms with Crippen molar-refractivity contribution in [2.75, 3.05) is 6.54 Å². The van der Waals surface area contributed by atoms with Gasteiger partial charge in [0.2, 0.25) is 0 Å². The summed E-state index contributed by atoms with van der Waals surface area (Å²) in [7, 11) is 0. The molecule has 90 valence electrons. The molecule has 0 fully saturated rings. The van der Waals surface area contributed by atoms with Crippen LogP contribution in [0.25, 0.3) is 0 Å². The van der Waals surface area contributed by atoms with Gasteiger partial charge in [-0.2, -0.15) is 0 Å². The van der Waals surface area contributed by atoms with Crippen molar-refractivity contribution in [3.05, 3.63) is 35.1 Å². The Balaban J connectivity index is 2.24. The van der Waals surface area contributed by atoms with Crippen LogP contribution in [0.2, 0.25) is 0 Å². The summed E-state index contributed by atoms with van der Waals surface area (Å²) >= 11 is 0. The molecule has 0 radical (unpaired) electrons. The molecule has 16 heavy (non-hydrogen) atoms. The van der Waals surface area contributed by atoms with Crippen molar-refractivity contribution in [1.29, 1.82) is 0 Å². The Morgan fingerprint density at radius 1 is 1.25 bits per heavy atom. The normalized spacial score (nSPS) is 11.1. The van der Waals surface area contributed by atoms with Crippen LogP contribution in [0.15, 0.2) is 18.2 Å². The van der Waals surface area contributed by atoms with Crippen LogP contribution in [0.1, 0.15) is 37.8 Å². The molecule has 0 aliphatic heterocycles.